The first-order valence-electron chi connectivity index (χ1n) is 6.21. The monoisotopic (exact) mass is 233 g/mol. The number of hydrogen-bond acceptors (Lipinski definition) is 2. The highest BCUT2D eigenvalue weighted by atomic mass is 16.3. The fourth-order valence-electron chi connectivity index (χ4n) is 2.31. The smallest absolute Gasteiger partial charge is 0.251 e. The lowest BCUT2D eigenvalue weighted by molar-refractivity contribution is 0.0867. The molecule has 1 aliphatic carbocycles. The van der Waals surface area contributed by atoms with E-state index < -0.39 is 0 Å². The van der Waals surface area contributed by atoms with E-state index in [0.717, 1.165) is 36.8 Å². The van der Waals surface area contributed by atoms with E-state index in [-0.39, 0.29) is 18.1 Å². The molecule has 0 unspecified atom stereocenters. The van der Waals surface area contributed by atoms with Crippen molar-refractivity contribution < 1.29 is 9.90 Å². The summed E-state index contributed by atoms with van der Waals surface area (Å²) in [5.41, 5.74) is 1.75. The molecule has 1 aliphatic rings. The van der Waals surface area contributed by atoms with Gasteiger partial charge in [-0.2, -0.15) is 0 Å². The van der Waals surface area contributed by atoms with Gasteiger partial charge >= 0.3 is 0 Å². The van der Waals surface area contributed by atoms with Gasteiger partial charge in [0.1, 0.15) is 0 Å². The molecule has 1 fully saturated rings. The third kappa shape index (κ3) is 3.07. The van der Waals surface area contributed by atoms with Crippen molar-refractivity contribution in [3.63, 3.8) is 0 Å². The van der Waals surface area contributed by atoms with Gasteiger partial charge in [-0.05, 0) is 44.2 Å². The van der Waals surface area contributed by atoms with Crippen molar-refractivity contribution in [2.75, 3.05) is 0 Å². The second kappa shape index (κ2) is 5.32. The average Bonchev–Trinajstić information content (AvgIpc) is 2.32. The fourth-order valence-corrected chi connectivity index (χ4v) is 2.31. The molecule has 2 rings (SSSR count). The first-order valence-corrected chi connectivity index (χ1v) is 6.21. The van der Waals surface area contributed by atoms with Crippen LogP contribution in [0.3, 0.4) is 0 Å². The van der Waals surface area contributed by atoms with Crippen LogP contribution in [0.15, 0.2) is 24.3 Å². The third-order valence-corrected chi connectivity index (χ3v) is 3.42. The van der Waals surface area contributed by atoms with Crippen molar-refractivity contribution in [1.29, 1.82) is 0 Å². The summed E-state index contributed by atoms with van der Waals surface area (Å²) in [7, 11) is 0. The molecule has 3 heteroatoms. The Morgan fingerprint density at radius 1 is 1.24 bits per heavy atom. The number of rotatable bonds is 2. The van der Waals surface area contributed by atoms with Crippen LogP contribution in [0.25, 0.3) is 0 Å². The van der Waals surface area contributed by atoms with Gasteiger partial charge in [-0.25, -0.2) is 0 Å². The average molecular weight is 233 g/mol. The molecule has 1 aromatic rings. The number of aliphatic hydroxyl groups is 1. The number of amides is 1. The maximum Gasteiger partial charge on any atom is 0.251 e. The number of benzene rings is 1. The van der Waals surface area contributed by atoms with Crippen molar-refractivity contribution in [3.8, 4) is 0 Å². The Labute approximate surface area is 102 Å². The summed E-state index contributed by atoms with van der Waals surface area (Å²) in [5.74, 6) is 0.00416. The van der Waals surface area contributed by atoms with E-state index in [0.29, 0.717) is 0 Å². The number of nitrogens with one attached hydrogen (secondary N) is 1. The Morgan fingerprint density at radius 2 is 1.88 bits per heavy atom. The topological polar surface area (TPSA) is 49.3 Å². The predicted molar refractivity (Wildman–Crippen MR) is 66.9 cm³/mol. The zero-order chi connectivity index (χ0) is 12.3. The van der Waals surface area contributed by atoms with Gasteiger partial charge in [0.05, 0.1) is 6.10 Å². The predicted octanol–water partition coefficient (Wildman–Crippen LogP) is 2.03. The van der Waals surface area contributed by atoms with E-state index in [9.17, 15) is 9.90 Å². The molecule has 3 nitrogen and oxygen atoms in total. The van der Waals surface area contributed by atoms with Crippen LogP contribution in [0.5, 0.6) is 0 Å². The Hall–Kier alpha value is -1.35. The summed E-state index contributed by atoms with van der Waals surface area (Å²) >= 11 is 0. The van der Waals surface area contributed by atoms with Gasteiger partial charge in [0, 0.05) is 11.6 Å². The highest BCUT2D eigenvalue weighted by Crippen LogP contribution is 2.19. The fraction of sp³-hybridized carbons (Fsp3) is 0.500. The van der Waals surface area contributed by atoms with Crippen LogP contribution < -0.4 is 5.32 Å². The van der Waals surface area contributed by atoms with Gasteiger partial charge in [-0.3, -0.25) is 4.79 Å². The zero-order valence-electron chi connectivity index (χ0n) is 10.1. The van der Waals surface area contributed by atoms with Crippen molar-refractivity contribution in [2.24, 2.45) is 0 Å². The maximum absolute atomic E-state index is 12.0. The molecule has 0 radical (unpaired) electrons. The summed E-state index contributed by atoms with van der Waals surface area (Å²) < 4.78 is 0. The van der Waals surface area contributed by atoms with Gasteiger partial charge < -0.3 is 10.4 Å². The van der Waals surface area contributed by atoms with Gasteiger partial charge in [-0.1, -0.05) is 18.2 Å². The molecule has 0 spiro atoms. The molecule has 0 aromatic heterocycles. The van der Waals surface area contributed by atoms with Gasteiger partial charge in [0.15, 0.2) is 0 Å². The molecule has 17 heavy (non-hydrogen) atoms. The quantitative estimate of drug-likeness (QED) is 0.821. The number of aryl methyl sites for hydroxylation is 1. The standard InChI is InChI=1S/C14H19NO2/c1-10-4-2-3-5-13(10)14(17)15-11-6-8-12(16)9-7-11/h2-5,11-12,16H,6-9H2,1H3,(H,15,17)/t11-,12+. The Kier molecular flexibility index (Phi) is 3.79. The van der Waals surface area contributed by atoms with E-state index in [1.54, 1.807) is 0 Å². The second-order valence-electron chi connectivity index (χ2n) is 4.79. The third-order valence-electron chi connectivity index (χ3n) is 3.42. The van der Waals surface area contributed by atoms with Crippen LogP contribution in [-0.2, 0) is 0 Å². The van der Waals surface area contributed by atoms with Crippen molar-refractivity contribution >= 4 is 5.91 Å². The number of carbonyl (C=O) groups excluding carboxylic acids is 1. The summed E-state index contributed by atoms with van der Waals surface area (Å²) in [4.78, 5) is 12.0. The molecule has 0 atom stereocenters. The summed E-state index contributed by atoms with van der Waals surface area (Å²) in [5, 5.41) is 12.5. The van der Waals surface area contributed by atoms with E-state index in [4.69, 9.17) is 0 Å². The lowest BCUT2D eigenvalue weighted by Crippen LogP contribution is -2.38. The molecular formula is C14H19NO2. The van der Waals surface area contributed by atoms with Crippen molar-refractivity contribution in [2.45, 2.75) is 44.8 Å². The van der Waals surface area contributed by atoms with E-state index in [1.807, 2.05) is 31.2 Å². The van der Waals surface area contributed by atoms with E-state index in [2.05, 4.69) is 5.32 Å². The molecule has 0 bridgehead atoms. The van der Waals surface area contributed by atoms with Gasteiger partial charge in [0.2, 0.25) is 0 Å². The summed E-state index contributed by atoms with van der Waals surface area (Å²) in [6, 6.07) is 7.82. The summed E-state index contributed by atoms with van der Waals surface area (Å²) in [6.45, 7) is 1.94. The molecular weight excluding hydrogens is 214 g/mol. The molecule has 1 saturated carbocycles. The minimum atomic E-state index is -0.179. The van der Waals surface area contributed by atoms with E-state index >= 15 is 0 Å². The maximum atomic E-state index is 12.0. The first-order chi connectivity index (χ1) is 8.16. The highest BCUT2D eigenvalue weighted by molar-refractivity contribution is 5.95. The normalized spacial score (nSPS) is 24.4. The Morgan fingerprint density at radius 3 is 2.53 bits per heavy atom. The van der Waals surface area contributed by atoms with Gasteiger partial charge in [-0.15, -0.1) is 0 Å². The van der Waals surface area contributed by atoms with Crippen molar-refractivity contribution in [1.82, 2.24) is 5.32 Å². The van der Waals surface area contributed by atoms with Gasteiger partial charge in [0.25, 0.3) is 5.91 Å². The van der Waals surface area contributed by atoms with E-state index in [1.165, 1.54) is 0 Å². The number of hydrogen-bond donors (Lipinski definition) is 2. The molecule has 0 aliphatic heterocycles. The lowest BCUT2D eigenvalue weighted by atomic mass is 9.93. The second-order valence-corrected chi connectivity index (χ2v) is 4.79. The van der Waals surface area contributed by atoms with Crippen LogP contribution in [0.2, 0.25) is 0 Å². The van der Waals surface area contributed by atoms with Crippen LogP contribution in [0, 0.1) is 6.92 Å². The zero-order valence-corrected chi connectivity index (χ0v) is 10.1. The largest absolute Gasteiger partial charge is 0.393 e. The lowest BCUT2D eigenvalue weighted by Gasteiger charge is -2.26. The Balaban J connectivity index is 1.96. The van der Waals surface area contributed by atoms with Crippen LogP contribution in [0.4, 0.5) is 0 Å². The molecule has 0 heterocycles. The Bertz CT molecular complexity index is 395. The summed E-state index contributed by atoms with van der Waals surface area (Å²) in [6.07, 6.45) is 3.15. The van der Waals surface area contributed by atoms with Crippen LogP contribution >= 0.6 is 0 Å². The number of carbonyl (C=O) groups is 1. The number of aliphatic hydroxyl groups excluding tert-OH is 1. The SMILES string of the molecule is Cc1ccccc1C(=O)N[C@H]1CC[C@@H](O)CC1. The minimum Gasteiger partial charge on any atom is -0.393 e. The molecule has 0 saturated heterocycles. The van der Waals surface area contributed by atoms with Crippen LogP contribution in [-0.4, -0.2) is 23.2 Å². The minimum absolute atomic E-state index is 0.00416. The first kappa shape index (κ1) is 12.1. The molecule has 92 valence electrons. The van der Waals surface area contributed by atoms with Crippen LogP contribution in [0.1, 0.15) is 41.6 Å². The molecule has 1 aromatic carbocycles. The molecule has 1 amide bonds. The highest BCUT2D eigenvalue weighted by Gasteiger charge is 2.21. The molecule has 2 N–H and O–H groups in total. The van der Waals surface area contributed by atoms with Crippen molar-refractivity contribution in [3.05, 3.63) is 35.4 Å².